The van der Waals surface area contributed by atoms with Crippen LogP contribution in [0.2, 0.25) is 0 Å². The van der Waals surface area contributed by atoms with Gasteiger partial charge in [0.05, 0.1) is 11.8 Å². The van der Waals surface area contributed by atoms with Crippen LogP contribution in [-0.4, -0.2) is 23.9 Å². The first-order chi connectivity index (χ1) is 13.4. The number of anilines is 1. The molecule has 7 heteroatoms. The second kappa shape index (κ2) is 8.04. The van der Waals surface area contributed by atoms with Gasteiger partial charge in [0, 0.05) is 0 Å². The fourth-order valence-electron chi connectivity index (χ4n) is 2.61. The number of benzene rings is 2. The highest BCUT2D eigenvalue weighted by Gasteiger charge is 2.36. The smallest absolute Gasteiger partial charge is 0.335 e. The minimum atomic E-state index is -0.879. The number of carbonyl (C=O) groups is 3. The van der Waals surface area contributed by atoms with Crippen LogP contribution >= 0.6 is 0 Å². The maximum Gasteiger partial charge on any atom is 0.335 e. The molecule has 0 unspecified atom stereocenters. The molecule has 1 N–H and O–H groups in total. The van der Waals surface area contributed by atoms with Gasteiger partial charge in [-0.05, 0) is 61.4 Å². The average molecular weight is 382 g/mol. The number of carbonyl (C=O) groups excluding carboxylic acids is 3. The molecule has 0 radical (unpaired) electrons. The molecule has 144 valence electrons. The lowest BCUT2D eigenvalue weighted by molar-refractivity contribution is -0.122. The van der Waals surface area contributed by atoms with Crippen molar-refractivity contribution in [3.63, 3.8) is 0 Å². The monoisotopic (exact) mass is 382 g/mol. The number of ether oxygens (including phenoxy) is 1. The van der Waals surface area contributed by atoms with Crippen molar-refractivity contribution < 1.29 is 23.5 Å². The van der Waals surface area contributed by atoms with Crippen LogP contribution in [0.25, 0.3) is 6.08 Å². The summed E-state index contributed by atoms with van der Waals surface area (Å²) in [6.45, 7) is 3.98. The van der Waals surface area contributed by atoms with Crippen molar-refractivity contribution in [1.29, 1.82) is 0 Å². The van der Waals surface area contributed by atoms with Gasteiger partial charge in [-0.1, -0.05) is 19.1 Å². The summed E-state index contributed by atoms with van der Waals surface area (Å²) in [6, 6.07) is 10.9. The minimum Gasteiger partial charge on any atom is -0.491 e. The molecule has 0 aromatic heterocycles. The van der Waals surface area contributed by atoms with E-state index in [0.717, 1.165) is 23.5 Å². The Morgan fingerprint density at radius 3 is 2.32 bits per heavy atom. The number of barbiturate groups is 1. The van der Waals surface area contributed by atoms with Crippen LogP contribution in [0, 0.1) is 5.82 Å². The Morgan fingerprint density at radius 1 is 1.07 bits per heavy atom. The first-order valence-corrected chi connectivity index (χ1v) is 8.82. The number of hydrogen-bond donors (Lipinski definition) is 1. The largest absolute Gasteiger partial charge is 0.491 e. The topological polar surface area (TPSA) is 75.7 Å². The molecule has 2 aromatic rings. The van der Waals surface area contributed by atoms with Crippen molar-refractivity contribution >= 4 is 29.6 Å². The van der Waals surface area contributed by atoms with E-state index in [1.165, 1.54) is 18.2 Å². The number of hydrogen-bond acceptors (Lipinski definition) is 4. The molecule has 0 bridgehead atoms. The van der Waals surface area contributed by atoms with Crippen molar-refractivity contribution in [3.05, 3.63) is 65.5 Å². The fourth-order valence-corrected chi connectivity index (χ4v) is 2.61. The van der Waals surface area contributed by atoms with Gasteiger partial charge < -0.3 is 4.74 Å². The molecule has 6 nitrogen and oxygen atoms in total. The summed E-state index contributed by atoms with van der Waals surface area (Å²) < 4.78 is 18.8. The number of amides is 4. The van der Waals surface area contributed by atoms with Crippen LogP contribution in [0.3, 0.4) is 0 Å². The minimum absolute atomic E-state index is 0.0742. The number of nitrogens with one attached hydrogen (secondary N) is 1. The predicted molar refractivity (Wildman–Crippen MR) is 102 cm³/mol. The van der Waals surface area contributed by atoms with Crippen molar-refractivity contribution in [3.8, 4) is 5.75 Å². The quantitative estimate of drug-likeness (QED) is 0.632. The van der Waals surface area contributed by atoms with Gasteiger partial charge >= 0.3 is 6.03 Å². The second-order valence-electron chi connectivity index (χ2n) is 6.34. The van der Waals surface area contributed by atoms with Crippen molar-refractivity contribution in [2.45, 2.75) is 26.4 Å². The molecule has 1 atom stereocenters. The zero-order valence-electron chi connectivity index (χ0n) is 15.4. The molecule has 28 heavy (non-hydrogen) atoms. The van der Waals surface area contributed by atoms with Crippen LogP contribution in [0.1, 0.15) is 25.8 Å². The Bertz CT molecular complexity index is 936. The van der Waals surface area contributed by atoms with Gasteiger partial charge in [0.1, 0.15) is 17.1 Å². The van der Waals surface area contributed by atoms with E-state index < -0.39 is 23.7 Å². The normalized spacial score (nSPS) is 16.9. The highest BCUT2D eigenvalue weighted by Crippen LogP contribution is 2.23. The Morgan fingerprint density at radius 2 is 1.71 bits per heavy atom. The number of urea groups is 1. The van der Waals surface area contributed by atoms with Gasteiger partial charge in [-0.2, -0.15) is 0 Å². The number of nitrogens with zero attached hydrogens (tertiary/aromatic N) is 1. The number of imide groups is 2. The zero-order chi connectivity index (χ0) is 20.3. The third-order valence-electron chi connectivity index (χ3n) is 4.29. The van der Waals surface area contributed by atoms with E-state index in [-0.39, 0.29) is 17.4 Å². The maximum atomic E-state index is 13.1. The second-order valence-corrected chi connectivity index (χ2v) is 6.34. The van der Waals surface area contributed by atoms with Crippen LogP contribution in [-0.2, 0) is 9.59 Å². The van der Waals surface area contributed by atoms with Gasteiger partial charge in [0.15, 0.2) is 0 Å². The Kier molecular flexibility index (Phi) is 5.54. The third kappa shape index (κ3) is 4.09. The molecule has 0 aliphatic carbocycles. The summed E-state index contributed by atoms with van der Waals surface area (Å²) in [7, 11) is 0. The molecule has 2 aromatic carbocycles. The van der Waals surface area contributed by atoms with E-state index in [0.29, 0.717) is 11.3 Å². The Hall–Kier alpha value is -3.48. The summed E-state index contributed by atoms with van der Waals surface area (Å²) in [6.07, 6.45) is 2.34. The molecule has 1 heterocycles. The van der Waals surface area contributed by atoms with Crippen LogP contribution < -0.4 is 15.0 Å². The third-order valence-corrected chi connectivity index (χ3v) is 4.29. The lowest BCUT2D eigenvalue weighted by Crippen LogP contribution is -2.54. The molecule has 1 saturated heterocycles. The van der Waals surface area contributed by atoms with Crippen LogP contribution in [0.15, 0.2) is 54.1 Å². The molecule has 1 fully saturated rings. The van der Waals surface area contributed by atoms with Gasteiger partial charge in [0.2, 0.25) is 0 Å². The standard InChI is InChI=1S/C21H19FN2O4/c1-3-13(2)28-17-10-4-14(5-11-17)12-18-19(25)23-21(27)24(20(18)26)16-8-6-15(22)7-9-16/h4-13H,3H2,1-2H3,(H,23,25,27)/b18-12+/t13-/m1/s1. The molecule has 4 amide bonds. The van der Waals surface area contributed by atoms with E-state index in [4.69, 9.17) is 4.74 Å². The Balaban J connectivity index is 1.87. The van der Waals surface area contributed by atoms with Crippen molar-refractivity contribution in [1.82, 2.24) is 5.32 Å². The van der Waals surface area contributed by atoms with Gasteiger partial charge in [0.25, 0.3) is 11.8 Å². The molecular formula is C21H19FN2O4. The summed E-state index contributed by atoms with van der Waals surface area (Å²) in [4.78, 5) is 37.8. The van der Waals surface area contributed by atoms with Gasteiger partial charge in [-0.3, -0.25) is 14.9 Å². The van der Waals surface area contributed by atoms with Crippen LogP contribution in [0.4, 0.5) is 14.9 Å². The lowest BCUT2D eigenvalue weighted by Gasteiger charge is -2.26. The van der Waals surface area contributed by atoms with Crippen molar-refractivity contribution in [2.75, 3.05) is 4.90 Å². The number of rotatable bonds is 5. The van der Waals surface area contributed by atoms with E-state index >= 15 is 0 Å². The zero-order valence-corrected chi connectivity index (χ0v) is 15.4. The first kappa shape index (κ1) is 19.3. The van der Waals surface area contributed by atoms with Crippen molar-refractivity contribution in [2.24, 2.45) is 0 Å². The molecular weight excluding hydrogens is 363 g/mol. The highest BCUT2D eigenvalue weighted by atomic mass is 19.1. The molecule has 0 spiro atoms. The van der Waals surface area contributed by atoms with Gasteiger partial charge in [-0.15, -0.1) is 0 Å². The first-order valence-electron chi connectivity index (χ1n) is 8.82. The van der Waals surface area contributed by atoms with E-state index in [2.05, 4.69) is 5.32 Å². The van der Waals surface area contributed by atoms with E-state index in [1.807, 2.05) is 13.8 Å². The maximum absolute atomic E-state index is 13.1. The molecule has 0 saturated carbocycles. The summed E-state index contributed by atoms with van der Waals surface area (Å²) in [5.41, 5.74) is 0.572. The summed E-state index contributed by atoms with van der Waals surface area (Å²) in [5, 5.41) is 2.13. The highest BCUT2D eigenvalue weighted by molar-refractivity contribution is 6.39. The fraction of sp³-hybridized carbons (Fsp3) is 0.190. The number of halogens is 1. The molecule has 1 aliphatic heterocycles. The SMILES string of the molecule is CC[C@@H](C)Oc1ccc(/C=C2\C(=O)NC(=O)N(c3ccc(F)cc3)C2=O)cc1. The Labute approximate surface area is 161 Å². The van der Waals surface area contributed by atoms with Crippen LogP contribution in [0.5, 0.6) is 5.75 Å². The average Bonchev–Trinajstić information content (AvgIpc) is 2.67. The summed E-state index contributed by atoms with van der Waals surface area (Å²) >= 11 is 0. The summed E-state index contributed by atoms with van der Waals surface area (Å²) in [5.74, 6) is -1.38. The van der Waals surface area contributed by atoms with E-state index in [1.54, 1.807) is 24.3 Å². The molecule has 1 aliphatic rings. The van der Waals surface area contributed by atoms with Gasteiger partial charge in [-0.25, -0.2) is 14.1 Å². The lowest BCUT2D eigenvalue weighted by atomic mass is 10.1. The molecule has 3 rings (SSSR count). The predicted octanol–water partition coefficient (Wildman–Crippen LogP) is 3.67. The van der Waals surface area contributed by atoms with E-state index in [9.17, 15) is 18.8 Å².